The minimum atomic E-state index is 0.645. The van der Waals surface area contributed by atoms with Gasteiger partial charge in [-0.1, -0.05) is 19.8 Å². The summed E-state index contributed by atoms with van der Waals surface area (Å²) in [4.78, 5) is 5.06. The highest BCUT2D eigenvalue weighted by Gasteiger charge is 2.22. The van der Waals surface area contributed by atoms with Crippen LogP contribution < -0.4 is 5.32 Å². The molecule has 1 unspecified atom stereocenters. The van der Waals surface area contributed by atoms with Crippen LogP contribution in [0.2, 0.25) is 0 Å². The van der Waals surface area contributed by atoms with Crippen LogP contribution in [0.1, 0.15) is 52.4 Å². The molecule has 1 aliphatic carbocycles. The summed E-state index contributed by atoms with van der Waals surface area (Å²) >= 11 is 0. The first kappa shape index (κ1) is 16.3. The van der Waals surface area contributed by atoms with Crippen LogP contribution in [0.3, 0.4) is 0 Å². The molecule has 1 N–H and O–H groups in total. The van der Waals surface area contributed by atoms with Crippen molar-refractivity contribution < 1.29 is 0 Å². The summed E-state index contributed by atoms with van der Waals surface area (Å²) in [6.45, 7) is 10.9. The Balaban J connectivity index is 1.61. The van der Waals surface area contributed by atoms with E-state index in [-0.39, 0.29) is 0 Å². The van der Waals surface area contributed by atoms with E-state index >= 15 is 0 Å². The maximum absolute atomic E-state index is 3.88. The first-order valence-electron chi connectivity index (χ1n) is 8.84. The molecule has 1 saturated heterocycles. The van der Waals surface area contributed by atoms with Crippen LogP contribution in [0.5, 0.6) is 0 Å². The van der Waals surface area contributed by atoms with Gasteiger partial charge in [-0.25, -0.2) is 0 Å². The normalized spacial score (nSPS) is 31.4. The van der Waals surface area contributed by atoms with E-state index in [1.807, 2.05) is 0 Å². The molecule has 0 bridgehead atoms. The summed E-state index contributed by atoms with van der Waals surface area (Å²) in [5.41, 5.74) is 0. The first-order valence-corrected chi connectivity index (χ1v) is 8.84. The van der Waals surface area contributed by atoms with Crippen LogP contribution in [0, 0.1) is 5.92 Å². The van der Waals surface area contributed by atoms with Crippen molar-refractivity contribution in [2.24, 2.45) is 5.92 Å². The second-order valence-electron chi connectivity index (χ2n) is 7.18. The smallest absolute Gasteiger partial charge is 0.0169 e. The Morgan fingerprint density at radius 2 is 1.70 bits per heavy atom. The molecule has 0 aromatic carbocycles. The zero-order valence-electron chi connectivity index (χ0n) is 13.9. The molecule has 3 heteroatoms. The number of likely N-dealkylation sites (N-methyl/N-ethyl adjacent to an activating group) is 1. The minimum Gasteiger partial charge on any atom is -0.310 e. The molecule has 1 aliphatic heterocycles. The molecule has 0 radical (unpaired) electrons. The van der Waals surface area contributed by atoms with Crippen LogP contribution in [-0.2, 0) is 0 Å². The van der Waals surface area contributed by atoms with E-state index in [0.717, 1.165) is 12.0 Å². The molecule has 2 fully saturated rings. The zero-order valence-corrected chi connectivity index (χ0v) is 13.9. The molecule has 3 nitrogen and oxygen atoms in total. The topological polar surface area (TPSA) is 18.5 Å². The highest BCUT2D eigenvalue weighted by Crippen LogP contribution is 2.27. The van der Waals surface area contributed by atoms with Gasteiger partial charge in [-0.15, -0.1) is 0 Å². The summed E-state index contributed by atoms with van der Waals surface area (Å²) < 4.78 is 0. The largest absolute Gasteiger partial charge is 0.310 e. The predicted octanol–water partition coefficient (Wildman–Crippen LogP) is 2.57. The number of nitrogens with zero attached hydrogens (tertiary/aromatic N) is 2. The summed E-state index contributed by atoms with van der Waals surface area (Å²) in [6, 6.07) is 1.43. The molecule has 2 aliphatic rings. The number of rotatable bonds is 6. The van der Waals surface area contributed by atoms with E-state index < -0.39 is 0 Å². The van der Waals surface area contributed by atoms with Crippen molar-refractivity contribution in [3.63, 3.8) is 0 Å². The Labute approximate surface area is 126 Å². The quantitative estimate of drug-likeness (QED) is 0.807. The molecule has 1 saturated carbocycles. The molecule has 2 rings (SSSR count). The molecule has 1 heterocycles. The molecule has 0 aromatic rings. The van der Waals surface area contributed by atoms with Gasteiger partial charge in [0.05, 0.1) is 0 Å². The molecule has 0 amide bonds. The maximum Gasteiger partial charge on any atom is 0.0169 e. The Bertz CT molecular complexity index is 253. The van der Waals surface area contributed by atoms with Gasteiger partial charge in [0, 0.05) is 44.8 Å². The second kappa shape index (κ2) is 8.35. The number of hydrogen-bond donors (Lipinski definition) is 1. The third-order valence-electron chi connectivity index (χ3n) is 5.19. The summed E-state index contributed by atoms with van der Waals surface area (Å²) in [5, 5.41) is 3.88. The highest BCUT2D eigenvalue weighted by molar-refractivity contribution is 4.81. The number of piperazine rings is 1. The summed E-state index contributed by atoms with van der Waals surface area (Å²) in [5.74, 6) is 1.02. The Morgan fingerprint density at radius 3 is 2.30 bits per heavy atom. The van der Waals surface area contributed by atoms with Crippen molar-refractivity contribution >= 4 is 0 Å². The lowest BCUT2D eigenvalue weighted by Gasteiger charge is -2.36. The van der Waals surface area contributed by atoms with Gasteiger partial charge < -0.3 is 10.2 Å². The third kappa shape index (κ3) is 5.34. The second-order valence-corrected chi connectivity index (χ2v) is 7.18. The summed E-state index contributed by atoms with van der Waals surface area (Å²) in [6.07, 6.45) is 8.51. The monoisotopic (exact) mass is 281 g/mol. The molecule has 118 valence electrons. The zero-order chi connectivity index (χ0) is 14.4. The lowest BCUT2D eigenvalue weighted by atomic mass is 9.83. The molecule has 1 atom stereocenters. The van der Waals surface area contributed by atoms with E-state index in [2.05, 4.69) is 36.0 Å². The van der Waals surface area contributed by atoms with Crippen molar-refractivity contribution in [1.29, 1.82) is 0 Å². The van der Waals surface area contributed by atoms with Gasteiger partial charge in [0.1, 0.15) is 0 Å². The highest BCUT2D eigenvalue weighted by atomic mass is 15.3. The predicted molar refractivity (Wildman–Crippen MR) is 87.2 cm³/mol. The SMILES string of the molecule is CCCC1CCC(NC(C)CN2CCN(C)CC2)CC1. The van der Waals surface area contributed by atoms with E-state index in [0.29, 0.717) is 6.04 Å². The average molecular weight is 281 g/mol. The molecule has 0 aromatic heterocycles. The van der Waals surface area contributed by atoms with Crippen molar-refractivity contribution in [1.82, 2.24) is 15.1 Å². The van der Waals surface area contributed by atoms with E-state index in [9.17, 15) is 0 Å². The molecule has 20 heavy (non-hydrogen) atoms. The van der Waals surface area contributed by atoms with Crippen molar-refractivity contribution in [2.45, 2.75) is 64.5 Å². The minimum absolute atomic E-state index is 0.645. The number of nitrogens with one attached hydrogen (secondary N) is 1. The van der Waals surface area contributed by atoms with Gasteiger partial charge in [-0.3, -0.25) is 4.90 Å². The number of hydrogen-bond acceptors (Lipinski definition) is 3. The Hall–Kier alpha value is -0.120. The van der Waals surface area contributed by atoms with E-state index in [1.54, 1.807) is 0 Å². The van der Waals surface area contributed by atoms with E-state index in [1.165, 1.54) is 71.2 Å². The van der Waals surface area contributed by atoms with Gasteiger partial charge in [0.25, 0.3) is 0 Å². The van der Waals surface area contributed by atoms with Crippen LogP contribution in [0.4, 0.5) is 0 Å². The fourth-order valence-corrected chi connectivity index (χ4v) is 3.90. The van der Waals surface area contributed by atoms with Crippen LogP contribution in [-0.4, -0.2) is 61.7 Å². The fraction of sp³-hybridized carbons (Fsp3) is 1.00. The van der Waals surface area contributed by atoms with Gasteiger partial charge in [-0.05, 0) is 45.6 Å². The molecular weight excluding hydrogens is 246 g/mol. The lowest BCUT2D eigenvalue weighted by Crippen LogP contribution is -2.50. The van der Waals surface area contributed by atoms with Crippen LogP contribution in [0.25, 0.3) is 0 Å². The fourth-order valence-electron chi connectivity index (χ4n) is 3.90. The lowest BCUT2D eigenvalue weighted by molar-refractivity contribution is 0.139. The van der Waals surface area contributed by atoms with E-state index in [4.69, 9.17) is 0 Å². The summed E-state index contributed by atoms with van der Waals surface area (Å²) in [7, 11) is 2.23. The van der Waals surface area contributed by atoms with Gasteiger partial charge >= 0.3 is 0 Å². The maximum atomic E-state index is 3.88. The average Bonchev–Trinajstić information content (AvgIpc) is 2.44. The Kier molecular flexibility index (Phi) is 6.79. The van der Waals surface area contributed by atoms with Gasteiger partial charge in [0.15, 0.2) is 0 Å². The van der Waals surface area contributed by atoms with Crippen LogP contribution in [0.15, 0.2) is 0 Å². The van der Waals surface area contributed by atoms with Crippen molar-refractivity contribution in [3.05, 3.63) is 0 Å². The standard InChI is InChI=1S/C17H35N3/c1-4-5-16-6-8-17(9-7-16)18-15(2)14-20-12-10-19(3)11-13-20/h15-18H,4-14H2,1-3H3. The molecular formula is C17H35N3. The van der Waals surface area contributed by atoms with Gasteiger partial charge in [-0.2, -0.15) is 0 Å². The van der Waals surface area contributed by atoms with Crippen LogP contribution >= 0.6 is 0 Å². The molecule has 0 spiro atoms. The third-order valence-corrected chi connectivity index (χ3v) is 5.19. The first-order chi connectivity index (χ1) is 9.67. The Morgan fingerprint density at radius 1 is 1.05 bits per heavy atom. The van der Waals surface area contributed by atoms with Crippen molar-refractivity contribution in [3.8, 4) is 0 Å². The van der Waals surface area contributed by atoms with Gasteiger partial charge in [0.2, 0.25) is 0 Å². The van der Waals surface area contributed by atoms with Crippen molar-refractivity contribution in [2.75, 3.05) is 39.8 Å².